The standard InChI is InChI=1S/C8H17NO3/c1-7(6-12-2)5-9-4-3-8(10)11/h7,9H,3-6H2,1-2H3,(H,10,11). The number of hydrogen-bond acceptors (Lipinski definition) is 3. The molecule has 12 heavy (non-hydrogen) atoms. The first-order valence-electron chi connectivity index (χ1n) is 4.08. The minimum atomic E-state index is -0.762. The summed E-state index contributed by atoms with van der Waals surface area (Å²) in [4.78, 5) is 10.1. The van der Waals surface area contributed by atoms with Gasteiger partial charge in [-0.3, -0.25) is 4.79 Å². The molecule has 0 heterocycles. The molecule has 0 aliphatic heterocycles. The van der Waals surface area contributed by atoms with Gasteiger partial charge < -0.3 is 15.2 Å². The van der Waals surface area contributed by atoms with Gasteiger partial charge in [-0.2, -0.15) is 0 Å². The summed E-state index contributed by atoms with van der Waals surface area (Å²) in [6.45, 7) is 4.10. The molecule has 0 saturated heterocycles. The van der Waals surface area contributed by atoms with Crippen LogP contribution in [0.4, 0.5) is 0 Å². The van der Waals surface area contributed by atoms with Crippen LogP contribution >= 0.6 is 0 Å². The molecule has 0 rings (SSSR count). The lowest BCUT2D eigenvalue weighted by Gasteiger charge is -2.10. The van der Waals surface area contributed by atoms with Crippen LogP contribution in [0, 0.1) is 5.92 Å². The van der Waals surface area contributed by atoms with Crippen molar-refractivity contribution < 1.29 is 14.6 Å². The molecule has 0 aliphatic carbocycles. The second-order valence-electron chi connectivity index (χ2n) is 2.91. The predicted molar refractivity (Wildman–Crippen MR) is 46.2 cm³/mol. The van der Waals surface area contributed by atoms with Crippen LogP contribution in [-0.2, 0) is 9.53 Å². The average Bonchev–Trinajstić information content (AvgIpc) is 1.98. The first kappa shape index (κ1) is 11.4. The highest BCUT2D eigenvalue weighted by atomic mass is 16.5. The maximum Gasteiger partial charge on any atom is 0.304 e. The highest BCUT2D eigenvalue weighted by molar-refractivity contribution is 5.66. The zero-order valence-corrected chi connectivity index (χ0v) is 7.67. The monoisotopic (exact) mass is 175 g/mol. The van der Waals surface area contributed by atoms with E-state index in [0.717, 1.165) is 6.54 Å². The molecule has 4 nitrogen and oxygen atoms in total. The third kappa shape index (κ3) is 7.50. The normalized spacial score (nSPS) is 12.8. The molecule has 0 amide bonds. The van der Waals surface area contributed by atoms with E-state index in [0.29, 0.717) is 19.1 Å². The summed E-state index contributed by atoms with van der Waals surface area (Å²) in [7, 11) is 1.66. The highest BCUT2D eigenvalue weighted by Gasteiger charge is 2.00. The number of methoxy groups -OCH3 is 1. The quantitative estimate of drug-likeness (QED) is 0.547. The molecule has 0 aromatic rings. The molecule has 0 bridgehead atoms. The number of carboxylic acids is 1. The maximum atomic E-state index is 10.1. The van der Waals surface area contributed by atoms with Gasteiger partial charge in [0.25, 0.3) is 0 Å². The fourth-order valence-corrected chi connectivity index (χ4v) is 0.887. The van der Waals surface area contributed by atoms with Gasteiger partial charge in [0.1, 0.15) is 0 Å². The molecule has 4 heteroatoms. The molecule has 0 fully saturated rings. The van der Waals surface area contributed by atoms with E-state index in [4.69, 9.17) is 9.84 Å². The van der Waals surface area contributed by atoms with Crippen LogP contribution < -0.4 is 5.32 Å². The molecular weight excluding hydrogens is 158 g/mol. The molecule has 0 spiro atoms. The molecule has 0 aromatic heterocycles. The smallest absolute Gasteiger partial charge is 0.304 e. The van der Waals surface area contributed by atoms with Crippen LogP contribution in [-0.4, -0.2) is 37.9 Å². The molecule has 72 valence electrons. The second-order valence-corrected chi connectivity index (χ2v) is 2.91. The van der Waals surface area contributed by atoms with Crippen LogP contribution in [0.25, 0.3) is 0 Å². The minimum absolute atomic E-state index is 0.180. The maximum absolute atomic E-state index is 10.1. The third-order valence-corrected chi connectivity index (χ3v) is 1.46. The van der Waals surface area contributed by atoms with Crippen molar-refractivity contribution in [2.75, 3.05) is 26.8 Å². The van der Waals surface area contributed by atoms with E-state index in [2.05, 4.69) is 12.2 Å². The van der Waals surface area contributed by atoms with Gasteiger partial charge in [-0.15, -0.1) is 0 Å². The van der Waals surface area contributed by atoms with Gasteiger partial charge in [0, 0.05) is 20.3 Å². The summed E-state index contributed by atoms with van der Waals surface area (Å²) in [6.07, 6.45) is 0.180. The zero-order chi connectivity index (χ0) is 9.40. The first-order chi connectivity index (χ1) is 5.66. The Hall–Kier alpha value is -0.610. The van der Waals surface area contributed by atoms with Crippen molar-refractivity contribution >= 4 is 5.97 Å². The highest BCUT2D eigenvalue weighted by Crippen LogP contribution is 1.91. The van der Waals surface area contributed by atoms with E-state index in [1.807, 2.05) is 0 Å². The van der Waals surface area contributed by atoms with Crippen LogP contribution in [0.3, 0.4) is 0 Å². The molecule has 2 N–H and O–H groups in total. The van der Waals surface area contributed by atoms with Crippen molar-refractivity contribution in [3.63, 3.8) is 0 Å². The Morgan fingerprint density at radius 3 is 2.83 bits per heavy atom. The average molecular weight is 175 g/mol. The number of ether oxygens (including phenoxy) is 1. The van der Waals surface area contributed by atoms with Crippen molar-refractivity contribution in [3.05, 3.63) is 0 Å². The van der Waals surface area contributed by atoms with Crippen molar-refractivity contribution in [2.24, 2.45) is 5.92 Å². The Kier molecular flexibility index (Phi) is 6.70. The van der Waals surface area contributed by atoms with Crippen molar-refractivity contribution in [2.45, 2.75) is 13.3 Å². The van der Waals surface area contributed by atoms with Gasteiger partial charge >= 0.3 is 5.97 Å². The molecule has 0 aromatic carbocycles. The second kappa shape index (κ2) is 7.06. The van der Waals surface area contributed by atoms with Gasteiger partial charge in [-0.05, 0) is 12.5 Å². The summed E-state index contributed by atoms with van der Waals surface area (Å²) >= 11 is 0. The largest absolute Gasteiger partial charge is 0.481 e. The van der Waals surface area contributed by atoms with Crippen molar-refractivity contribution in [1.82, 2.24) is 5.32 Å². The number of carbonyl (C=O) groups is 1. The van der Waals surface area contributed by atoms with Crippen molar-refractivity contribution in [3.8, 4) is 0 Å². The van der Waals surface area contributed by atoms with Gasteiger partial charge in [-0.1, -0.05) is 6.92 Å². The third-order valence-electron chi connectivity index (χ3n) is 1.46. The lowest BCUT2D eigenvalue weighted by atomic mass is 10.2. The van der Waals surface area contributed by atoms with Gasteiger partial charge in [0.05, 0.1) is 6.42 Å². The van der Waals surface area contributed by atoms with Crippen LogP contribution in [0.2, 0.25) is 0 Å². The fourth-order valence-electron chi connectivity index (χ4n) is 0.887. The number of carboxylic acid groups (broad SMARTS) is 1. The Morgan fingerprint density at radius 1 is 1.67 bits per heavy atom. The topological polar surface area (TPSA) is 58.6 Å². The van der Waals surface area contributed by atoms with E-state index >= 15 is 0 Å². The van der Waals surface area contributed by atoms with Crippen LogP contribution in [0.15, 0.2) is 0 Å². The number of aliphatic carboxylic acids is 1. The van der Waals surface area contributed by atoms with E-state index in [1.54, 1.807) is 7.11 Å². The lowest BCUT2D eigenvalue weighted by Crippen LogP contribution is -2.25. The summed E-state index contributed by atoms with van der Waals surface area (Å²) < 4.78 is 4.93. The number of nitrogens with one attached hydrogen (secondary N) is 1. The summed E-state index contributed by atoms with van der Waals surface area (Å²) in [5.41, 5.74) is 0. The van der Waals surface area contributed by atoms with Crippen LogP contribution in [0.5, 0.6) is 0 Å². The van der Waals surface area contributed by atoms with Crippen LogP contribution in [0.1, 0.15) is 13.3 Å². The molecule has 1 unspecified atom stereocenters. The van der Waals surface area contributed by atoms with Gasteiger partial charge in [0.15, 0.2) is 0 Å². The summed E-state index contributed by atoms with van der Waals surface area (Å²) in [5, 5.41) is 11.4. The molecule has 0 radical (unpaired) electrons. The van der Waals surface area contributed by atoms with E-state index in [-0.39, 0.29) is 6.42 Å². The molecular formula is C8H17NO3. The fraction of sp³-hybridized carbons (Fsp3) is 0.875. The predicted octanol–water partition coefficient (Wildman–Crippen LogP) is 0.333. The van der Waals surface area contributed by atoms with E-state index in [9.17, 15) is 4.79 Å². The summed E-state index contributed by atoms with van der Waals surface area (Å²) in [5.74, 6) is -0.328. The SMILES string of the molecule is COCC(C)CNCCC(=O)O. The Labute approximate surface area is 72.9 Å². The first-order valence-corrected chi connectivity index (χ1v) is 4.08. The zero-order valence-electron chi connectivity index (χ0n) is 7.67. The number of rotatable bonds is 7. The number of hydrogen-bond donors (Lipinski definition) is 2. The van der Waals surface area contributed by atoms with Gasteiger partial charge in [0.2, 0.25) is 0 Å². The Bertz CT molecular complexity index is 127. The molecule has 1 atom stereocenters. The summed E-state index contributed by atoms with van der Waals surface area (Å²) in [6, 6.07) is 0. The van der Waals surface area contributed by atoms with E-state index in [1.165, 1.54) is 0 Å². The minimum Gasteiger partial charge on any atom is -0.481 e. The molecule has 0 aliphatic rings. The van der Waals surface area contributed by atoms with E-state index < -0.39 is 5.97 Å². The lowest BCUT2D eigenvalue weighted by molar-refractivity contribution is -0.136. The van der Waals surface area contributed by atoms with Crippen molar-refractivity contribution in [1.29, 1.82) is 0 Å². The Morgan fingerprint density at radius 2 is 2.33 bits per heavy atom. The Balaban J connectivity index is 3.13. The van der Waals surface area contributed by atoms with Gasteiger partial charge in [-0.25, -0.2) is 0 Å². The molecule has 0 saturated carbocycles.